The van der Waals surface area contributed by atoms with E-state index in [4.69, 9.17) is 5.73 Å². The van der Waals surface area contributed by atoms with Crippen LogP contribution in [0.3, 0.4) is 0 Å². The summed E-state index contributed by atoms with van der Waals surface area (Å²) in [5, 5.41) is 7.72. The molecule has 1 heterocycles. The molecule has 0 radical (unpaired) electrons. The minimum absolute atomic E-state index is 0.335. The minimum Gasteiger partial charge on any atom is -0.330 e. The normalized spacial score (nSPS) is 11.8. The molecule has 19 heavy (non-hydrogen) atoms. The van der Waals surface area contributed by atoms with Gasteiger partial charge in [-0.3, -0.25) is 0 Å². The van der Waals surface area contributed by atoms with Gasteiger partial charge < -0.3 is 5.73 Å². The summed E-state index contributed by atoms with van der Waals surface area (Å²) in [4.78, 5) is 0. The van der Waals surface area contributed by atoms with Gasteiger partial charge in [-0.05, 0) is 37.6 Å². The number of aryl methyl sites for hydroxylation is 1. The lowest BCUT2D eigenvalue weighted by atomic mass is 10.2. The molecule has 0 saturated heterocycles. The fourth-order valence-electron chi connectivity index (χ4n) is 1.65. The summed E-state index contributed by atoms with van der Waals surface area (Å²) in [5.74, 6) is 0. The van der Waals surface area contributed by atoms with E-state index in [1.807, 2.05) is 0 Å². The van der Waals surface area contributed by atoms with Gasteiger partial charge in [-0.1, -0.05) is 11.3 Å². The van der Waals surface area contributed by atoms with Crippen LogP contribution < -0.4 is 5.73 Å². The van der Waals surface area contributed by atoms with E-state index < -0.39 is 11.7 Å². The molecule has 2 N–H and O–H groups in total. The first-order valence-electron chi connectivity index (χ1n) is 5.79. The Bertz CT molecular complexity index is 548. The summed E-state index contributed by atoms with van der Waals surface area (Å²) >= 11 is 0. The van der Waals surface area contributed by atoms with Gasteiger partial charge in [0.05, 0.1) is 23.1 Å². The van der Waals surface area contributed by atoms with Gasteiger partial charge in [0.2, 0.25) is 0 Å². The molecule has 0 unspecified atom stereocenters. The highest BCUT2D eigenvalue weighted by atomic mass is 19.4. The van der Waals surface area contributed by atoms with Crippen molar-refractivity contribution >= 4 is 0 Å². The van der Waals surface area contributed by atoms with Crippen molar-refractivity contribution in [2.24, 2.45) is 5.73 Å². The van der Waals surface area contributed by atoms with E-state index in [1.165, 1.54) is 10.7 Å². The predicted octanol–water partition coefficient (Wildman–Crippen LogP) is 2.18. The van der Waals surface area contributed by atoms with Crippen molar-refractivity contribution < 1.29 is 13.2 Å². The van der Waals surface area contributed by atoms with Crippen LogP contribution in [0.5, 0.6) is 0 Å². The lowest BCUT2D eigenvalue weighted by Crippen LogP contribution is -2.06. The van der Waals surface area contributed by atoms with Crippen LogP contribution in [-0.4, -0.2) is 21.5 Å². The second kappa shape index (κ2) is 5.40. The topological polar surface area (TPSA) is 56.7 Å². The summed E-state index contributed by atoms with van der Waals surface area (Å²) in [6.45, 7) is 0.538. The molecule has 0 fully saturated rings. The van der Waals surface area contributed by atoms with Crippen LogP contribution in [0.15, 0.2) is 30.5 Å². The number of halogens is 3. The molecule has 0 bridgehead atoms. The fourth-order valence-corrected chi connectivity index (χ4v) is 1.65. The predicted molar refractivity (Wildman–Crippen MR) is 63.7 cm³/mol. The van der Waals surface area contributed by atoms with Crippen LogP contribution in [0.25, 0.3) is 5.69 Å². The highest BCUT2D eigenvalue weighted by molar-refractivity contribution is 5.36. The Morgan fingerprint density at radius 2 is 2.05 bits per heavy atom. The quantitative estimate of drug-likeness (QED) is 0.926. The van der Waals surface area contributed by atoms with Gasteiger partial charge in [0.25, 0.3) is 0 Å². The van der Waals surface area contributed by atoms with Crippen molar-refractivity contribution in [3.05, 3.63) is 41.7 Å². The van der Waals surface area contributed by atoms with E-state index in [1.54, 1.807) is 12.3 Å². The first-order chi connectivity index (χ1) is 9.00. The molecule has 0 aliphatic heterocycles. The largest absolute Gasteiger partial charge is 0.416 e. The lowest BCUT2D eigenvalue weighted by molar-refractivity contribution is -0.137. The maximum absolute atomic E-state index is 12.6. The SMILES string of the molecule is NCCCc1cn(-c2cccc(C(F)(F)F)c2)nn1. The molecule has 0 atom stereocenters. The smallest absolute Gasteiger partial charge is 0.330 e. The number of nitrogens with zero attached hydrogens (tertiary/aromatic N) is 3. The second-order valence-corrected chi connectivity index (χ2v) is 4.09. The summed E-state index contributed by atoms with van der Waals surface area (Å²) in [7, 11) is 0. The van der Waals surface area contributed by atoms with Crippen molar-refractivity contribution in [3.63, 3.8) is 0 Å². The Morgan fingerprint density at radius 1 is 1.26 bits per heavy atom. The van der Waals surface area contributed by atoms with E-state index >= 15 is 0 Å². The number of hydrogen-bond donors (Lipinski definition) is 1. The third kappa shape index (κ3) is 3.31. The number of alkyl halides is 3. The molecule has 1 aromatic heterocycles. The Labute approximate surface area is 108 Å². The zero-order chi connectivity index (χ0) is 13.9. The Kier molecular flexibility index (Phi) is 3.84. The Balaban J connectivity index is 2.24. The van der Waals surface area contributed by atoms with Gasteiger partial charge >= 0.3 is 6.18 Å². The summed E-state index contributed by atoms with van der Waals surface area (Å²) in [5.41, 5.74) is 5.72. The molecule has 0 aliphatic rings. The number of benzene rings is 1. The standard InChI is InChI=1S/C12H13F3N4/c13-12(14,15)9-3-1-5-11(7-9)19-8-10(17-18-19)4-2-6-16/h1,3,5,7-8H,2,4,6,16H2. The minimum atomic E-state index is -4.36. The van der Waals surface area contributed by atoms with Gasteiger partial charge in [-0.2, -0.15) is 13.2 Å². The summed E-state index contributed by atoms with van der Waals surface area (Å²) < 4.78 is 39.1. The molecule has 0 aliphatic carbocycles. The van der Waals surface area contributed by atoms with Crippen LogP contribution in [0.4, 0.5) is 13.2 Å². The lowest BCUT2D eigenvalue weighted by Gasteiger charge is -2.08. The maximum atomic E-state index is 12.6. The average molecular weight is 270 g/mol. The van der Waals surface area contributed by atoms with Gasteiger partial charge in [-0.25, -0.2) is 4.68 Å². The molecule has 2 aromatic rings. The number of rotatable bonds is 4. The number of hydrogen-bond acceptors (Lipinski definition) is 3. The first-order valence-corrected chi connectivity index (χ1v) is 5.79. The molecular formula is C12H13F3N4. The van der Waals surface area contributed by atoms with Crippen molar-refractivity contribution in [1.82, 2.24) is 15.0 Å². The van der Waals surface area contributed by atoms with Crippen LogP contribution in [0.2, 0.25) is 0 Å². The molecule has 102 valence electrons. The number of nitrogens with two attached hydrogens (primary N) is 1. The van der Waals surface area contributed by atoms with Crippen LogP contribution in [0, 0.1) is 0 Å². The van der Waals surface area contributed by atoms with E-state index in [0.29, 0.717) is 24.3 Å². The molecule has 1 aromatic carbocycles. The van der Waals surface area contributed by atoms with Gasteiger partial charge in [0, 0.05) is 0 Å². The molecular weight excluding hydrogens is 257 g/mol. The van der Waals surface area contributed by atoms with E-state index in [2.05, 4.69) is 10.3 Å². The first kappa shape index (κ1) is 13.5. The molecule has 0 saturated carbocycles. The van der Waals surface area contributed by atoms with Crippen molar-refractivity contribution in [3.8, 4) is 5.69 Å². The molecule has 0 amide bonds. The Hall–Kier alpha value is -1.89. The maximum Gasteiger partial charge on any atom is 0.416 e. The van der Waals surface area contributed by atoms with Gasteiger partial charge in [0.1, 0.15) is 0 Å². The van der Waals surface area contributed by atoms with Crippen LogP contribution in [-0.2, 0) is 12.6 Å². The third-order valence-corrected chi connectivity index (χ3v) is 2.62. The molecule has 4 nitrogen and oxygen atoms in total. The zero-order valence-electron chi connectivity index (χ0n) is 10.1. The highest BCUT2D eigenvalue weighted by Crippen LogP contribution is 2.30. The van der Waals surface area contributed by atoms with Crippen LogP contribution >= 0.6 is 0 Å². The summed E-state index contributed by atoms with van der Waals surface area (Å²) in [6, 6.07) is 4.97. The summed E-state index contributed by atoms with van der Waals surface area (Å²) in [6.07, 6.45) is -1.32. The van der Waals surface area contributed by atoms with Gasteiger partial charge in [0.15, 0.2) is 0 Å². The fraction of sp³-hybridized carbons (Fsp3) is 0.333. The van der Waals surface area contributed by atoms with Crippen molar-refractivity contribution in [2.75, 3.05) is 6.54 Å². The van der Waals surface area contributed by atoms with E-state index in [0.717, 1.165) is 18.6 Å². The Morgan fingerprint density at radius 3 is 2.74 bits per heavy atom. The number of aromatic nitrogens is 3. The monoisotopic (exact) mass is 270 g/mol. The molecule has 7 heteroatoms. The van der Waals surface area contributed by atoms with Crippen molar-refractivity contribution in [1.29, 1.82) is 0 Å². The third-order valence-electron chi connectivity index (χ3n) is 2.62. The molecule has 0 spiro atoms. The van der Waals surface area contributed by atoms with Crippen molar-refractivity contribution in [2.45, 2.75) is 19.0 Å². The molecule has 2 rings (SSSR count). The highest BCUT2D eigenvalue weighted by Gasteiger charge is 2.30. The second-order valence-electron chi connectivity index (χ2n) is 4.09. The van der Waals surface area contributed by atoms with Crippen LogP contribution in [0.1, 0.15) is 17.7 Å². The van der Waals surface area contributed by atoms with Gasteiger partial charge in [-0.15, -0.1) is 5.10 Å². The average Bonchev–Trinajstić information content (AvgIpc) is 2.84. The van der Waals surface area contributed by atoms with E-state index in [9.17, 15) is 13.2 Å². The van der Waals surface area contributed by atoms with E-state index in [-0.39, 0.29) is 0 Å². The zero-order valence-corrected chi connectivity index (χ0v) is 10.1.